The molecule has 1 heterocycles. The van der Waals surface area contributed by atoms with E-state index in [1.165, 1.54) is 18.2 Å². The summed E-state index contributed by atoms with van der Waals surface area (Å²) < 4.78 is 83.4. The van der Waals surface area contributed by atoms with E-state index in [0.717, 1.165) is 30.5 Å². The normalized spacial score (nSPS) is 15.0. The molecule has 0 aromatic heterocycles. The molecule has 28 heavy (non-hydrogen) atoms. The fourth-order valence-electron chi connectivity index (χ4n) is 2.76. The van der Waals surface area contributed by atoms with E-state index in [2.05, 4.69) is 4.74 Å². The Labute approximate surface area is 157 Å². The molecule has 3 rings (SSSR count). The molecule has 0 atom stereocenters. The summed E-state index contributed by atoms with van der Waals surface area (Å²) >= 11 is 0. The third kappa shape index (κ3) is 4.16. The number of carbonyl (C=O) groups excluding carboxylic acids is 1. The Balaban J connectivity index is 2.09. The van der Waals surface area contributed by atoms with Crippen LogP contribution in [0.25, 0.3) is 11.1 Å². The molecule has 0 bridgehead atoms. The largest absolute Gasteiger partial charge is 0.573 e. The number of hydrogen-bond acceptors (Lipinski definition) is 5. The Kier molecular flexibility index (Phi) is 4.92. The number of carbonyl (C=O) groups is 1. The zero-order valence-electron chi connectivity index (χ0n) is 14.2. The van der Waals surface area contributed by atoms with Gasteiger partial charge in [-0.15, -0.1) is 13.2 Å². The number of benzene rings is 2. The number of sulfone groups is 1. The highest BCUT2D eigenvalue weighted by Crippen LogP contribution is 2.35. The highest BCUT2D eigenvalue weighted by atomic mass is 32.2. The molecule has 0 N–H and O–H groups in total. The third-order valence-electron chi connectivity index (χ3n) is 3.89. The molecule has 0 amide bonds. The van der Waals surface area contributed by atoms with Gasteiger partial charge in [0.05, 0.1) is 5.57 Å². The van der Waals surface area contributed by atoms with E-state index in [1.54, 1.807) is 0 Å². The van der Waals surface area contributed by atoms with E-state index >= 15 is 0 Å². The summed E-state index contributed by atoms with van der Waals surface area (Å²) in [5.74, 6) is -2.35. The lowest BCUT2D eigenvalue weighted by molar-refractivity contribution is -0.274. The molecule has 0 aliphatic carbocycles. The molecule has 5 nitrogen and oxygen atoms in total. The fourth-order valence-corrected chi connectivity index (χ4v) is 3.49. The number of alkyl halides is 3. The zero-order chi connectivity index (χ0) is 20.7. The average molecular weight is 416 g/mol. The van der Waals surface area contributed by atoms with Crippen molar-refractivity contribution in [1.82, 2.24) is 0 Å². The molecule has 0 unspecified atom stereocenters. The minimum Gasteiger partial charge on any atom is -0.457 e. The van der Waals surface area contributed by atoms with Crippen molar-refractivity contribution in [2.24, 2.45) is 0 Å². The highest BCUT2D eigenvalue weighted by molar-refractivity contribution is 7.90. The Hall–Kier alpha value is -2.88. The molecule has 1 aliphatic heterocycles. The van der Waals surface area contributed by atoms with Crippen molar-refractivity contribution < 1.29 is 40.2 Å². The lowest BCUT2D eigenvalue weighted by Gasteiger charge is -2.11. The van der Waals surface area contributed by atoms with E-state index in [0.29, 0.717) is 0 Å². The Bertz CT molecular complexity index is 1090. The number of ether oxygens (including phenoxy) is 2. The second-order valence-corrected chi connectivity index (χ2v) is 7.91. The molecule has 10 heteroatoms. The molecule has 2 aromatic rings. The van der Waals surface area contributed by atoms with Gasteiger partial charge in [0.1, 0.15) is 23.1 Å². The lowest BCUT2D eigenvalue weighted by Crippen LogP contribution is -2.17. The van der Waals surface area contributed by atoms with Crippen molar-refractivity contribution in [2.45, 2.75) is 11.3 Å². The molecule has 0 saturated carbocycles. The topological polar surface area (TPSA) is 69.7 Å². The van der Waals surface area contributed by atoms with Gasteiger partial charge in [0.15, 0.2) is 9.84 Å². The first-order valence-electron chi connectivity index (χ1n) is 7.72. The number of rotatable bonds is 4. The highest BCUT2D eigenvalue weighted by Gasteiger charge is 2.32. The smallest absolute Gasteiger partial charge is 0.457 e. The number of halogens is 4. The fraction of sp³-hybridized carbons (Fsp3) is 0.167. The van der Waals surface area contributed by atoms with Crippen LogP contribution in [0.3, 0.4) is 0 Å². The van der Waals surface area contributed by atoms with Crippen LogP contribution in [0.2, 0.25) is 0 Å². The molecular weight excluding hydrogens is 404 g/mol. The Morgan fingerprint density at radius 1 is 1.07 bits per heavy atom. The summed E-state index contributed by atoms with van der Waals surface area (Å²) in [6.07, 6.45) is -4.05. The summed E-state index contributed by atoms with van der Waals surface area (Å²) in [7, 11) is -3.79. The van der Waals surface area contributed by atoms with Crippen LogP contribution >= 0.6 is 0 Å². The van der Waals surface area contributed by atoms with Crippen molar-refractivity contribution in [3.8, 4) is 5.75 Å². The van der Waals surface area contributed by atoms with E-state index in [-0.39, 0.29) is 28.9 Å². The van der Waals surface area contributed by atoms with Crippen LogP contribution in [0.4, 0.5) is 17.6 Å². The van der Waals surface area contributed by atoms with Gasteiger partial charge in [0.2, 0.25) is 0 Å². The van der Waals surface area contributed by atoms with Crippen LogP contribution < -0.4 is 4.74 Å². The van der Waals surface area contributed by atoms with Crippen LogP contribution in [0.5, 0.6) is 5.75 Å². The van der Waals surface area contributed by atoms with Gasteiger partial charge in [-0.05, 0) is 35.4 Å². The van der Waals surface area contributed by atoms with Gasteiger partial charge in [0.25, 0.3) is 0 Å². The maximum absolute atomic E-state index is 14.2. The van der Waals surface area contributed by atoms with Crippen LogP contribution in [0.1, 0.15) is 11.1 Å². The van der Waals surface area contributed by atoms with Crippen LogP contribution in [0, 0.1) is 5.82 Å². The van der Waals surface area contributed by atoms with E-state index in [1.807, 2.05) is 0 Å². The van der Waals surface area contributed by atoms with Gasteiger partial charge in [-0.25, -0.2) is 17.6 Å². The molecule has 1 aliphatic rings. The quantitative estimate of drug-likeness (QED) is 0.563. The average Bonchev–Trinajstić information content (AvgIpc) is 2.94. The van der Waals surface area contributed by atoms with Gasteiger partial charge >= 0.3 is 12.3 Å². The standard InChI is InChI=1S/C18H12F4O5S/c1-28(24,25)15-6-5-10(8-14(15)19)13-9-26-17(23)16(13)11-3-2-4-12(7-11)27-18(20,21)22/h2-8H,9H2,1H3. The second-order valence-electron chi connectivity index (χ2n) is 5.92. The van der Waals surface area contributed by atoms with E-state index in [9.17, 15) is 30.8 Å². The van der Waals surface area contributed by atoms with Gasteiger partial charge in [0, 0.05) is 11.8 Å². The monoisotopic (exact) mass is 416 g/mol. The first-order chi connectivity index (χ1) is 13.0. The molecule has 148 valence electrons. The summed E-state index contributed by atoms with van der Waals surface area (Å²) in [5, 5.41) is 0. The third-order valence-corrected chi connectivity index (χ3v) is 5.02. The molecule has 0 radical (unpaired) electrons. The summed E-state index contributed by atoms with van der Waals surface area (Å²) in [5.41, 5.74) is 0.423. The minimum atomic E-state index is -4.91. The Morgan fingerprint density at radius 2 is 1.79 bits per heavy atom. The lowest BCUT2D eigenvalue weighted by atomic mass is 9.96. The zero-order valence-corrected chi connectivity index (χ0v) is 15.0. The molecule has 2 aromatic carbocycles. The van der Waals surface area contributed by atoms with Crippen molar-refractivity contribution in [1.29, 1.82) is 0 Å². The summed E-state index contributed by atoms with van der Waals surface area (Å²) in [6.45, 7) is -0.240. The van der Waals surface area contributed by atoms with Crippen LogP contribution in [-0.4, -0.2) is 33.6 Å². The number of esters is 1. The second kappa shape index (κ2) is 6.93. The number of hydrogen-bond donors (Lipinski definition) is 0. The van der Waals surface area contributed by atoms with Gasteiger partial charge < -0.3 is 9.47 Å². The number of cyclic esters (lactones) is 1. The van der Waals surface area contributed by atoms with Crippen molar-refractivity contribution in [2.75, 3.05) is 12.9 Å². The molecule has 0 saturated heterocycles. The SMILES string of the molecule is CS(=O)(=O)c1ccc(C2=C(c3cccc(OC(F)(F)F)c3)C(=O)OC2)cc1F. The van der Waals surface area contributed by atoms with Crippen molar-refractivity contribution in [3.05, 3.63) is 59.4 Å². The predicted molar refractivity (Wildman–Crippen MR) is 90.4 cm³/mol. The van der Waals surface area contributed by atoms with Crippen molar-refractivity contribution >= 4 is 27.0 Å². The van der Waals surface area contributed by atoms with Crippen molar-refractivity contribution in [3.63, 3.8) is 0 Å². The Morgan fingerprint density at radius 3 is 2.39 bits per heavy atom. The van der Waals surface area contributed by atoms with E-state index < -0.39 is 38.6 Å². The maximum atomic E-state index is 14.2. The van der Waals surface area contributed by atoms with Crippen LogP contribution in [-0.2, 0) is 19.4 Å². The predicted octanol–water partition coefficient (Wildman–Crippen LogP) is 3.60. The van der Waals surface area contributed by atoms with E-state index in [4.69, 9.17) is 4.74 Å². The van der Waals surface area contributed by atoms with Gasteiger partial charge in [-0.1, -0.05) is 18.2 Å². The maximum Gasteiger partial charge on any atom is 0.573 e. The molecular formula is C18H12F4O5S. The summed E-state index contributed by atoms with van der Waals surface area (Å²) in [4.78, 5) is 11.6. The first-order valence-corrected chi connectivity index (χ1v) is 9.61. The molecule has 0 spiro atoms. The van der Waals surface area contributed by atoms with Gasteiger partial charge in [-0.2, -0.15) is 0 Å². The van der Waals surface area contributed by atoms with Crippen LogP contribution in [0.15, 0.2) is 47.4 Å². The summed E-state index contributed by atoms with van der Waals surface area (Å²) in [6, 6.07) is 8.01. The first kappa shape index (κ1) is 19.9. The molecule has 0 fully saturated rings. The minimum absolute atomic E-state index is 0.0564. The van der Waals surface area contributed by atoms with Gasteiger partial charge in [-0.3, -0.25) is 0 Å².